The molecule has 0 radical (unpaired) electrons. The van der Waals surface area contributed by atoms with E-state index in [1.807, 2.05) is 13.8 Å². The number of aryl methyl sites for hydroxylation is 2. The highest BCUT2D eigenvalue weighted by atomic mass is 32.2. The molecule has 0 aliphatic heterocycles. The van der Waals surface area contributed by atoms with E-state index in [-0.39, 0.29) is 0 Å². The Kier molecular flexibility index (Phi) is 3.74. The molecule has 3 nitrogen and oxygen atoms in total. The molecule has 0 aliphatic carbocycles. The van der Waals surface area contributed by atoms with E-state index < -0.39 is 0 Å². The predicted molar refractivity (Wildman–Crippen MR) is 71.5 cm³/mol. The predicted octanol–water partition coefficient (Wildman–Crippen LogP) is 3.63. The summed E-state index contributed by atoms with van der Waals surface area (Å²) in [6.07, 6.45) is 2.08. The van der Waals surface area contributed by atoms with Gasteiger partial charge in [-0.3, -0.25) is 0 Å². The summed E-state index contributed by atoms with van der Waals surface area (Å²) >= 11 is 1.74. The molecule has 17 heavy (non-hydrogen) atoms. The van der Waals surface area contributed by atoms with Crippen molar-refractivity contribution in [3.05, 3.63) is 41.3 Å². The van der Waals surface area contributed by atoms with Crippen LogP contribution in [0.2, 0.25) is 0 Å². The van der Waals surface area contributed by atoms with Crippen LogP contribution in [-0.2, 0) is 6.54 Å². The smallest absolute Gasteiger partial charge is 0.138 e. The molecule has 0 spiro atoms. The number of nitrogens with one attached hydrogen (secondary N) is 1. The summed E-state index contributed by atoms with van der Waals surface area (Å²) in [6.45, 7) is 4.65. The molecule has 0 bridgehead atoms. The molecular weight excluding hydrogens is 232 g/mol. The van der Waals surface area contributed by atoms with Crippen LogP contribution >= 0.6 is 11.8 Å². The molecule has 2 rings (SSSR count). The van der Waals surface area contributed by atoms with Crippen molar-refractivity contribution in [2.75, 3.05) is 11.6 Å². The monoisotopic (exact) mass is 248 g/mol. The van der Waals surface area contributed by atoms with Gasteiger partial charge in [-0.2, -0.15) is 0 Å². The van der Waals surface area contributed by atoms with E-state index >= 15 is 0 Å². The molecule has 0 saturated carbocycles. The van der Waals surface area contributed by atoms with Gasteiger partial charge in [0.1, 0.15) is 5.76 Å². The second-order valence-electron chi connectivity index (χ2n) is 3.89. The molecule has 1 aromatic carbocycles. The molecule has 0 amide bonds. The minimum atomic E-state index is 0.749. The van der Waals surface area contributed by atoms with Crippen molar-refractivity contribution in [3.63, 3.8) is 0 Å². The lowest BCUT2D eigenvalue weighted by Crippen LogP contribution is -2.01. The van der Waals surface area contributed by atoms with Crippen LogP contribution in [0.1, 0.15) is 17.0 Å². The molecule has 2 aromatic rings. The largest absolute Gasteiger partial charge is 0.381 e. The van der Waals surface area contributed by atoms with E-state index in [1.54, 1.807) is 11.8 Å². The van der Waals surface area contributed by atoms with Gasteiger partial charge in [0.05, 0.1) is 5.69 Å². The highest BCUT2D eigenvalue weighted by molar-refractivity contribution is 7.98. The third-order valence-corrected chi connectivity index (χ3v) is 3.45. The maximum Gasteiger partial charge on any atom is 0.138 e. The van der Waals surface area contributed by atoms with Gasteiger partial charge in [-0.1, -0.05) is 11.2 Å². The van der Waals surface area contributed by atoms with Crippen LogP contribution in [0.3, 0.4) is 0 Å². The Hall–Kier alpha value is -1.42. The quantitative estimate of drug-likeness (QED) is 0.839. The van der Waals surface area contributed by atoms with E-state index in [0.29, 0.717) is 0 Å². The third-order valence-electron chi connectivity index (χ3n) is 2.72. The second-order valence-corrected chi connectivity index (χ2v) is 4.77. The zero-order valence-corrected chi connectivity index (χ0v) is 11.1. The number of anilines is 1. The lowest BCUT2D eigenvalue weighted by Gasteiger charge is -2.07. The van der Waals surface area contributed by atoms with Gasteiger partial charge >= 0.3 is 0 Å². The highest BCUT2D eigenvalue weighted by Crippen LogP contribution is 2.20. The summed E-state index contributed by atoms with van der Waals surface area (Å²) in [5, 5.41) is 7.33. The molecule has 4 heteroatoms. The summed E-state index contributed by atoms with van der Waals surface area (Å²) in [5.74, 6) is 0.885. The summed E-state index contributed by atoms with van der Waals surface area (Å²) in [6, 6.07) is 8.37. The summed E-state index contributed by atoms with van der Waals surface area (Å²) in [7, 11) is 0. The van der Waals surface area contributed by atoms with E-state index in [2.05, 4.69) is 41.0 Å². The molecule has 0 aliphatic rings. The first-order valence-corrected chi connectivity index (χ1v) is 6.73. The van der Waals surface area contributed by atoms with Crippen LogP contribution in [0.4, 0.5) is 5.69 Å². The number of thioether (sulfide) groups is 1. The summed E-state index contributed by atoms with van der Waals surface area (Å²) in [5.41, 5.74) is 3.22. The summed E-state index contributed by atoms with van der Waals surface area (Å²) in [4.78, 5) is 1.26. The zero-order valence-electron chi connectivity index (χ0n) is 10.3. The summed E-state index contributed by atoms with van der Waals surface area (Å²) < 4.78 is 5.13. The maximum absolute atomic E-state index is 5.13. The van der Waals surface area contributed by atoms with Crippen LogP contribution < -0.4 is 5.32 Å². The van der Waals surface area contributed by atoms with E-state index in [4.69, 9.17) is 4.52 Å². The Bertz CT molecular complexity index is 488. The fourth-order valence-electron chi connectivity index (χ4n) is 1.68. The fraction of sp³-hybridized carbons (Fsp3) is 0.308. The molecule has 0 fully saturated rings. The molecule has 0 unspecified atom stereocenters. The average molecular weight is 248 g/mol. The Morgan fingerprint density at radius 2 is 2.18 bits per heavy atom. The standard InChI is InChI=1S/C13H16N2OS/c1-9-13(10(2)16-15-9)8-14-11-5-4-6-12(7-11)17-3/h4-7,14H,8H2,1-3H3. The zero-order chi connectivity index (χ0) is 12.3. The van der Waals surface area contributed by atoms with Gasteiger partial charge in [0.2, 0.25) is 0 Å². The average Bonchev–Trinajstić information content (AvgIpc) is 2.67. The van der Waals surface area contributed by atoms with Gasteiger partial charge in [0, 0.05) is 22.7 Å². The maximum atomic E-state index is 5.13. The Balaban J connectivity index is 2.07. The van der Waals surface area contributed by atoms with Gasteiger partial charge in [-0.25, -0.2) is 0 Å². The van der Waals surface area contributed by atoms with Gasteiger partial charge in [0.15, 0.2) is 0 Å². The lowest BCUT2D eigenvalue weighted by molar-refractivity contribution is 0.392. The highest BCUT2D eigenvalue weighted by Gasteiger charge is 2.08. The first-order chi connectivity index (χ1) is 8.20. The third kappa shape index (κ3) is 2.82. The topological polar surface area (TPSA) is 38.1 Å². The van der Waals surface area contributed by atoms with E-state index in [0.717, 1.165) is 29.2 Å². The number of rotatable bonds is 4. The van der Waals surface area contributed by atoms with Crippen molar-refractivity contribution < 1.29 is 4.52 Å². The Labute approximate surface area is 106 Å². The van der Waals surface area contributed by atoms with Crippen molar-refractivity contribution in [2.45, 2.75) is 25.3 Å². The molecule has 0 atom stereocenters. The van der Waals surface area contributed by atoms with Crippen molar-refractivity contribution in [1.82, 2.24) is 5.16 Å². The molecular formula is C13H16N2OS. The number of hydrogen-bond acceptors (Lipinski definition) is 4. The van der Waals surface area contributed by atoms with Crippen LogP contribution in [0.5, 0.6) is 0 Å². The van der Waals surface area contributed by atoms with Crippen LogP contribution in [0, 0.1) is 13.8 Å². The lowest BCUT2D eigenvalue weighted by atomic mass is 10.2. The molecule has 1 N–H and O–H groups in total. The van der Waals surface area contributed by atoms with Crippen molar-refractivity contribution in [3.8, 4) is 0 Å². The van der Waals surface area contributed by atoms with Crippen molar-refractivity contribution in [2.24, 2.45) is 0 Å². The molecule has 1 aromatic heterocycles. The molecule has 90 valence electrons. The minimum absolute atomic E-state index is 0.749. The minimum Gasteiger partial charge on any atom is -0.381 e. The van der Waals surface area contributed by atoms with E-state index in [1.165, 1.54) is 4.90 Å². The van der Waals surface area contributed by atoms with Gasteiger partial charge < -0.3 is 9.84 Å². The number of nitrogens with zero attached hydrogens (tertiary/aromatic N) is 1. The first-order valence-electron chi connectivity index (χ1n) is 5.50. The SMILES string of the molecule is CSc1cccc(NCc2c(C)noc2C)c1. The van der Waals surface area contributed by atoms with Gasteiger partial charge in [-0.05, 0) is 38.3 Å². The van der Waals surface area contributed by atoms with Crippen molar-refractivity contribution in [1.29, 1.82) is 0 Å². The normalized spacial score (nSPS) is 10.5. The fourth-order valence-corrected chi connectivity index (χ4v) is 2.14. The van der Waals surface area contributed by atoms with Crippen molar-refractivity contribution >= 4 is 17.4 Å². The number of aromatic nitrogens is 1. The van der Waals surface area contributed by atoms with Gasteiger partial charge in [-0.15, -0.1) is 11.8 Å². The number of hydrogen-bond donors (Lipinski definition) is 1. The second kappa shape index (κ2) is 5.27. The number of benzene rings is 1. The Morgan fingerprint density at radius 1 is 1.35 bits per heavy atom. The molecule has 0 saturated heterocycles. The first kappa shape index (κ1) is 12.0. The molecule has 1 heterocycles. The Morgan fingerprint density at radius 3 is 2.82 bits per heavy atom. The van der Waals surface area contributed by atoms with Crippen LogP contribution in [0.25, 0.3) is 0 Å². The van der Waals surface area contributed by atoms with Crippen LogP contribution in [0.15, 0.2) is 33.7 Å². The van der Waals surface area contributed by atoms with Crippen LogP contribution in [-0.4, -0.2) is 11.4 Å². The van der Waals surface area contributed by atoms with Gasteiger partial charge in [0.25, 0.3) is 0 Å². The van der Waals surface area contributed by atoms with E-state index in [9.17, 15) is 0 Å².